The second-order valence-electron chi connectivity index (χ2n) is 4.36. The first-order valence-electron chi connectivity index (χ1n) is 6.37. The third-order valence-electron chi connectivity index (χ3n) is 2.94. The second kappa shape index (κ2) is 5.53. The molecule has 3 aromatic rings. The van der Waals surface area contributed by atoms with Crippen LogP contribution in [0, 0.1) is 10.1 Å². The Morgan fingerprint density at radius 2 is 2.36 bits per heavy atom. The number of aryl methyl sites for hydroxylation is 1. The van der Waals surface area contributed by atoms with Gasteiger partial charge in [0.2, 0.25) is 0 Å². The van der Waals surface area contributed by atoms with Gasteiger partial charge in [0.1, 0.15) is 16.1 Å². The molecule has 0 radical (unpaired) electrons. The predicted octanol–water partition coefficient (Wildman–Crippen LogP) is 2.40. The Bertz CT molecular complexity index is 937. The fourth-order valence-corrected chi connectivity index (χ4v) is 2.77. The van der Waals surface area contributed by atoms with Gasteiger partial charge in [-0.15, -0.1) is 11.3 Å². The van der Waals surface area contributed by atoms with E-state index >= 15 is 0 Å². The van der Waals surface area contributed by atoms with E-state index in [9.17, 15) is 14.9 Å². The van der Waals surface area contributed by atoms with E-state index in [0.29, 0.717) is 10.2 Å². The number of hydrogen-bond acceptors (Lipinski definition) is 7. The summed E-state index contributed by atoms with van der Waals surface area (Å²) in [6.45, 7) is 2.01. The number of thiophene rings is 1. The lowest BCUT2D eigenvalue weighted by atomic mass is 10.3. The minimum absolute atomic E-state index is 0.179. The number of furan rings is 1. The van der Waals surface area contributed by atoms with E-state index in [1.165, 1.54) is 36.0 Å². The van der Waals surface area contributed by atoms with Crippen LogP contribution in [0.2, 0.25) is 0 Å². The molecule has 8 nitrogen and oxygen atoms in total. The number of rotatable bonds is 4. The van der Waals surface area contributed by atoms with Crippen LogP contribution >= 0.6 is 11.3 Å². The van der Waals surface area contributed by atoms with E-state index < -0.39 is 4.92 Å². The van der Waals surface area contributed by atoms with Gasteiger partial charge in [-0.05, 0) is 18.6 Å². The highest BCUT2D eigenvalue weighted by Gasteiger charge is 2.11. The largest absolute Gasteiger partial charge is 0.433 e. The van der Waals surface area contributed by atoms with Crippen LogP contribution < -0.4 is 5.56 Å². The molecule has 0 saturated heterocycles. The van der Waals surface area contributed by atoms with Crippen molar-refractivity contribution in [3.63, 3.8) is 0 Å². The number of fused-ring (bicyclic) bond motifs is 1. The molecular weight excluding hydrogens is 308 g/mol. The summed E-state index contributed by atoms with van der Waals surface area (Å²) < 4.78 is 6.01. The average Bonchev–Trinajstić information content (AvgIpc) is 3.13. The van der Waals surface area contributed by atoms with Crippen LogP contribution in [-0.2, 0) is 6.42 Å². The molecule has 22 heavy (non-hydrogen) atoms. The Morgan fingerprint density at radius 1 is 1.55 bits per heavy atom. The van der Waals surface area contributed by atoms with Crippen molar-refractivity contribution in [2.24, 2.45) is 5.10 Å². The third kappa shape index (κ3) is 2.53. The maximum absolute atomic E-state index is 12.3. The van der Waals surface area contributed by atoms with Crippen LogP contribution in [0.15, 0.2) is 38.8 Å². The Balaban J connectivity index is 1.95. The maximum Gasteiger partial charge on any atom is 0.433 e. The van der Waals surface area contributed by atoms with E-state index in [1.54, 1.807) is 6.07 Å². The molecule has 0 spiro atoms. The molecule has 9 heteroatoms. The lowest BCUT2D eigenvalue weighted by Crippen LogP contribution is -2.16. The first-order valence-corrected chi connectivity index (χ1v) is 7.19. The van der Waals surface area contributed by atoms with Gasteiger partial charge < -0.3 is 4.42 Å². The van der Waals surface area contributed by atoms with Crippen molar-refractivity contribution < 1.29 is 9.34 Å². The van der Waals surface area contributed by atoms with Crippen molar-refractivity contribution in [2.75, 3.05) is 0 Å². The Labute approximate surface area is 127 Å². The van der Waals surface area contributed by atoms with Crippen molar-refractivity contribution >= 4 is 33.7 Å². The highest BCUT2D eigenvalue weighted by atomic mass is 32.1. The molecule has 0 aliphatic heterocycles. The molecule has 0 aliphatic rings. The lowest BCUT2D eigenvalue weighted by Gasteiger charge is -1.95. The molecule has 0 aliphatic carbocycles. The summed E-state index contributed by atoms with van der Waals surface area (Å²) in [6.07, 6.45) is 3.38. The van der Waals surface area contributed by atoms with Crippen molar-refractivity contribution in [1.29, 1.82) is 0 Å². The van der Waals surface area contributed by atoms with Gasteiger partial charge in [-0.3, -0.25) is 14.9 Å². The van der Waals surface area contributed by atoms with E-state index in [0.717, 1.165) is 16.0 Å². The normalized spacial score (nSPS) is 11.5. The van der Waals surface area contributed by atoms with Gasteiger partial charge in [-0.1, -0.05) is 6.92 Å². The van der Waals surface area contributed by atoms with Crippen LogP contribution in [0.4, 0.5) is 5.88 Å². The molecule has 0 amide bonds. The van der Waals surface area contributed by atoms with E-state index in [4.69, 9.17) is 4.42 Å². The minimum Gasteiger partial charge on any atom is -0.400 e. The fourth-order valence-electron chi connectivity index (χ4n) is 1.85. The smallest absolute Gasteiger partial charge is 0.400 e. The van der Waals surface area contributed by atoms with Crippen LogP contribution in [0.3, 0.4) is 0 Å². The number of nitrogens with zero attached hydrogens (tertiary/aromatic N) is 4. The summed E-state index contributed by atoms with van der Waals surface area (Å²) in [5, 5.41) is 15.0. The first kappa shape index (κ1) is 14.1. The van der Waals surface area contributed by atoms with E-state index in [-0.39, 0.29) is 17.2 Å². The third-order valence-corrected chi connectivity index (χ3v) is 4.12. The number of hydrogen-bond donors (Lipinski definition) is 0. The summed E-state index contributed by atoms with van der Waals surface area (Å²) >= 11 is 1.47. The topological polar surface area (TPSA) is 104 Å². The molecule has 0 N–H and O–H groups in total. The van der Waals surface area contributed by atoms with Gasteiger partial charge in [0.25, 0.3) is 5.56 Å². The maximum atomic E-state index is 12.3. The summed E-state index contributed by atoms with van der Waals surface area (Å²) in [6, 6.07) is 4.43. The highest BCUT2D eigenvalue weighted by molar-refractivity contribution is 7.18. The zero-order chi connectivity index (χ0) is 15.7. The molecule has 0 unspecified atom stereocenters. The van der Waals surface area contributed by atoms with Gasteiger partial charge in [0.15, 0.2) is 5.76 Å². The SMILES string of the molecule is CCc1cc2c(=O)n(/N=C\c3ccc([N+](=O)[O-])o3)cnc2s1. The standard InChI is InChI=1S/C13H10N4O4S/c1-2-9-5-10-12(22-9)14-7-16(13(10)18)15-6-8-3-4-11(21-8)17(19)20/h3-7H,2H2,1H3/b15-6-. The molecular formula is C13H10N4O4S. The molecule has 0 fully saturated rings. The zero-order valence-corrected chi connectivity index (χ0v) is 12.2. The van der Waals surface area contributed by atoms with Gasteiger partial charge >= 0.3 is 5.88 Å². The summed E-state index contributed by atoms with van der Waals surface area (Å²) in [5.74, 6) is -0.203. The summed E-state index contributed by atoms with van der Waals surface area (Å²) in [4.78, 5) is 28.1. The summed E-state index contributed by atoms with van der Waals surface area (Å²) in [7, 11) is 0. The van der Waals surface area contributed by atoms with Gasteiger partial charge in [-0.25, -0.2) is 4.98 Å². The highest BCUT2D eigenvalue weighted by Crippen LogP contribution is 2.21. The number of nitro groups is 1. The Morgan fingerprint density at radius 3 is 3.05 bits per heavy atom. The molecule has 112 valence electrons. The monoisotopic (exact) mass is 318 g/mol. The molecule has 0 bridgehead atoms. The Kier molecular flexibility index (Phi) is 3.55. The van der Waals surface area contributed by atoms with E-state index in [1.807, 2.05) is 6.92 Å². The molecule has 3 heterocycles. The number of aromatic nitrogens is 2. The minimum atomic E-state index is -0.644. The van der Waals surface area contributed by atoms with E-state index in [2.05, 4.69) is 10.1 Å². The van der Waals surface area contributed by atoms with Crippen LogP contribution in [0.1, 0.15) is 17.6 Å². The molecule has 3 aromatic heterocycles. The molecule has 0 aromatic carbocycles. The fraction of sp³-hybridized carbons (Fsp3) is 0.154. The lowest BCUT2D eigenvalue weighted by molar-refractivity contribution is -0.402. The van der Waals surface area contributed by atoms with Crippen molar-refractivity contribution in [3.05, 3.63) is 55.6 Å². The van der Waals surface area contributed by atoms with Gasteiger partial charge in [0, 0.05) is 4.88 Å². The van der Waals surface area contributed by atoms with Crippen LogP contribution in [0.5, 0.6) is 0 Å². The molecule has 0 saturated carbocycles. The van der Waals surface area contributed by atoms with Crippen LogP contribution in [0.25, 0.3) is 10.2 Å². The quantitative estimate of drug-likeness (QED) is 0.417. The summed E-state index contributed by atoms with van der Waals surface area (Å²) in [5.41, 5.74) is -0.293. The molecule has 0 atom stereocenters. The van der Waals surface area contributed by atoms with Crippen LogP contribution in [-0.4, -0.2) is 20.8 Å². The van der Waals surface area contributed by atoms with Crippen molar-refractivity contribution in [3.8, 4) is 0 Å². The Hall–Kier alpha value is -2.81. The second-order valence-corrected chi connectivity index (χ2v) is 5.47. The predicted molar refractivity (Wildman–Crippen MR) is 81.6 cm³/mol. The van der Waals surface area contributed by atoms with Crippen molar-refractivity contribution in [2.45, 2.75) is 13.3 Å². The zero-order valence-electron chi connectivity index (χ0n) is 11.4. The van der Waals surface area contributed by atoms with Gasteiger partial charge in [0.05, 0.1) is 17.7 Å². The first-order chi connectivity index (χ1) is 10.6. The molecule has 3 rings (SSSR count). The average molecular weight is 318 g/mol. The van der Waals surface area contributed by atoms with Gasteiger partial charge in [-0.2, -0.15) is 9.78 Å². The van der Waals surface area contributed by atoms with Crippen molar-refractivity contribution in [1.82, 2.24) is 9.66 Å².